The van der Waals surface area contributed by atoms with Crippen LogP contribution in [0.15, 0.2) is 73.4 Å². The second-order valence-electron chi connectivity index (χ2n) is 7.60. The second-order valence-corrected chi connectivity index (χ2v) is 11.2. The normalized spacial score (nSPS) is 15.7. The Bertz CT molecular complexity index is 1360. The van der Waals surface area contributed by atoms with Crippen LogP contribution in [0.25, 0.3) is 6.08 Å². The van der Waals surface area contributed by atoms with Crippen molar-refractivity contribution in [2.75, 3.05) is 13.7 Å². The smallest absolute Gasteiger partial charge is 0.266 e. The molecule has 3 aromatic rings. The molecule has 1 fully saturated rings. The highest BCUT2D eigenvalue weighted by molar-refractivity contribution is 9.10. The Morgan fingerprint density at radius 3 is 2.47 bits per heavy atom. The van der Waals surface area contributed by atoms with Crippen molar-refractivity contribution < 1.29 is 14.3 Å². The number of methoxy groups -OCH3 is 1. The summed E-state index contributed by atoms with van der Waals surface area (Å²) in [5.41, 5.74) is 2.37. The Morgan fingerprint density at radius 2 is 1.81 bits per heavy atom. The molecule has 0 aromatic heterocycles. The lowest BCUT2D eigenvalue weighted by Crippen LogP contribution is -2.28. The van der Waals surface area contributed by atoms with Gasteiger partial charge in [0.05, 0.1) is 27.7 Å². The van der Waals surface area contributed by atoms with Gasteiger partial charge in [0.15, 0.2) is 16.7 Å². The quantitative estimate of drug-likeness (QED) is 0.236. The maximum absolute atomic E-state index is 13.1. The number of hydrogen-bond donors (Lipinski definition) is 0. The van der Waals surface area contributed by atoms with E-state index < -0.39 is 0 Å². The van der Waals surface area contributed by atoms with E-state index in [1.165, 1.54) is 11.8 Å². The first-order valence-corrected chi connectivity index (χ1v) is 13.9. The van der Waals surface area contributed by atoms with Crippen LogP contribution < -0.4 is 9.47 Å². The van der Waals surface area contributed by atoms with E-state index in [-0.39, 0.29) is 5.91 Å². The number of ether oxygens (including phenoxy) is 2. The van der Waals surface area contributed by atoms with Gasteiger partial charge >= 0.3 is 0 Å². The summed E-state index contributed by atoms with van der Waals surface area (Å²) in [7, 11) is 1.55. The fourth-order valence-electron chi connectivity index (χ4n) is 3.39. The number of carbonyl (C=O) groups is 1. The van der Waals surface area contributed by atoms with E-state index in [1.807, 2.05) is 43.3 Å². The minimum absolute atomic E-state index is 0.130. The topological polar surface area (TPSA) is 51.1 Å². The van der Waals surface area contributed by atoms with Crippen LogP contribution in [0, 0.1) is 0 Å². The zero-order chi connectivity index (χ0) is 25.8. The number of amides is 1. The molecule has 10 heteroatoms. The average Bonchev–Trinajstić information content (AvgIpc) is 3.14. The first-order valence-electron chi connectivity index (χ1n) is 10.8. The van der Waals surface area contributed by atoms with Crippen molar-refractivity contribution >= 4 is 89.7 Å². The van der Waals surface area contributed by atoms with Crippen LogP contribution in [-0.2, 0) is 11.4 Å². The number of amidine groups is 1. The SMILES string of the molecule is CCN1C(=O)/C(=C/c2cc(Cl)c(OCc3ccc(Br)cc3)c(OC)c2)SC1=Nc1ccc(Br)c(Cl)c1. The number of hydrogen-bond acceptors (Lipinski definition) is 5. The van der Waals surface area contributed by atoms with E-state index in [1.54, 1.807) is 36.3 Å². The van der Waals surface area contributed by atoms with Gasteiger partial charge in [0, 0.05) is 15.5 Å². The van der Waals surface area contributed by atoms with Crippen molar-refractivity contribution in [1.29, 1.82) is 0 Å². The monoisotopic (exact) mass is 668 g/mol. The molecule has 5 nitrogen and oxygen atoms in total. The van der Waals surface area contributed by atoms with E-state index in [2.05, 4.69) is 36.9 Å². The molecule has 0 unspecified atom stereocenters. The predicted molar refractivity (Wildman–Crippen MR) is 156 cm³/mol. The molecule has 1 aliphatic heterocycles. The first kappa shape index (κ1) is 27.1. The van der Waals surface area contributed by atoms with Crippen LogP contribution in [-0.4, -0.2) is 29.6 Å². The Labute approximate surface area is 240 Å². The molecular weight excluding hydrogens is 651 g/mol. The molecule has 1 amide bonds. The summed E-state index contributed by atoms with van der Waals surface area (Å²) in [6.07, 6.45) is 1.78. The van der Waals surface area contributed by atoms with Gasteiger partial charge in [0.25, 0.3) is 5.91 Å². The van der Waals surface area contributed by atoms with Gasteiger partial charge in [-0.3, -0.25) is 9.69 Å². The number of thioether (sulfide) groups is 1. The van der Waals surface area contributed by atoms with Crippen LogP contribution >= 0.6 is 66.8 Å². The van der Waals surface area contributed by atoms with Gasteiger partial charge in [-0.15, -0.1) is 0 Å². The second kappa shape index (κ2) is 12.0. The zero-order valence-electron chi connectivity index (χ0n) is 19.2. The highest BCUT2D eigenvalue weighted by Gasteiger charge is 2.32. The molecule has 1 aliphatic rings. The summed E-state index contributed by atoms with van der Waals surface area (Å²) in [6, 6.07) is 16.8. The molecule has 0 bridgehead atoms. The third-order valence-electron chi connectivity index (χ3n) is 5.18. The van der Waals surface area contributed by atoms with Crippen molar-refractivity contribution in [2.45, 2.75) is 13.5 Å². The summed E-state index contributed by atoms with van der Waals surface area (Å²) >= 11 is 20.9. The van der Waals surface area contributed by atoms with Crippen LogP contribution in [0.4, 0.5) is 5.69 Å². The lowest BCUT2D eigenvalue weighted by atomic mass is 10.1. The summed E-state index contributed by atoms with van der Waals surface area (Å²) in [6.45, 7) is 2.73. The molecule has 36 heavy (non-hydrogen) atoms. The van der Waals surface area contributed by atoms with Gasteiger partial charge < -0.3 is 9.47 Å². The van der Waals surface area contributed by atoms with Gasteiger partial charge in [0.1, 0.15) is 6.61 Å². The maximum Gasteiger partial charge on any atom is 0.266 e. The van der Waals surface area contributed by atoms with Gasteiger partial charge in [-0.25, -0.2) is 4.99 Å². The Kier molecular flexibility index (Phi) is 9.06. The summed E-state index contributed by atoms with van der Waals surface area (Å²) in [5.74, 6) is 0.793. The summed E-state index contributed by atoms with van der Waals surface area (Å²) in [4.78, 5) is 19.9. The third-order valence-corrected chi connectivity index (χ3v) is 8.23. The third kappa shape index (κ3) is 6.29. The lowest BCUT2D eigenvalue weighted by Gasteiger charge is -2.14. The van der Waals surface area contributed by atoms with E-state index in [4.69, 9.17) is 32.7 Å². The summed E-state index contributed by atoms with van der Waals surface area (Å²) in [5, 5.41) is 1.52. The van der Waals surface area contributed by atoms with E-state index in [0.29, 0.717) is 56.0 Å². The Balaban J connectivity index is 1.59. The van der Waals surface area contributed by atoms with Crippen molar-refractivity contribution in [3.05, 3.63) is 89.6 Å². The van der Waals surface area contributed by atoms with E-state index in [9.17, 15) is 4.79 Å². The first-order chi connectivity index (χ1) is 17.3. The number of benzene rings is 3. The van der Waals surface area contributed by atoms with Crippen molar-refractivity contribution in [1.82, 2.24) is 4.90 Å². The van der Waals surface area contributed by atoms with Crippen LogP contribution in [0.5, 0.6) is 11.5 Å². The molecule has 0 atom stereocenters. The Hall–Kier alpha value is -1.97. The Morgan fingerprint density at radius 1 is 1.06 bits per heavy atom. The molecule has 1 heterocycles. The molecule has 186 valence electrons. The summed E-state index contributed by atoms with van der Waals surface area (Å²) < 4.78 is 13.3. The van der Waals surface area contributed by atoms with E-state index >= 15 is 0 Å². The molecule has 4 rings (SSSR count). The molecule has 0 aliphatic carbocycles. The molecule has 0 N–H and O–H groups in total. The van der Waals surface area contributed by atoms with Crippen molar-refractivity contribution in [3.8, 4) is 11.5 Å². The highest BCUT2D eigenvalue weighted by Crippen LogP contribution is 2.40. The van der Waals surface area contributed by atoms with Crippen molar-refractivity contribution in [2.24, 2.45) is 4.99 Å². The minimum Gasteiger partial charge on any atom is -0.493 e. The number of nitrogens with zero attached hydrogens (tertiary/aromatic N) is 2. The molecular formula is C26H20Br2Cl2N2O3S. The minimum atomic E-state index is -0.130. The predicted octanol–water partition coefficient (Wildman–Crippen LogP) is 8.73. The van der Waals surface area contributed by atoms with Gasteiger partial charge in [0.2, 0.25) is 0 Å². The molecule has 0 radical (unpaired) electrons. The van der Waals surface area contributed by atoms with Crippen LogP contribution in [0.2, 0.25) is 10.0 Å². The fourth-order valence-corrected chi connectivity index (χ4v) is 5.41. The molecule has 0 spiro atoms. The molecule has 3 aromatic carbocycles. The van der Waals surface area contributed by atoms with Crippen LogP contribution in [0.3, 0.4) is 0 Å². The maximum atomic E-state index is 13.1. The highest BCUT2D eigenvalue weighted by atomic mass is 79.9. The van der Waals surface area contributed by atoms with Crippen LogP contribution in [0.1, 0.15) is 18.1 Å². The number of rotatable bonds is 7. The molecule has 0 saturated carbocycles. The van der Waals surface area contributed by atoms with Gasteiger partial charge in [-0.1, -0.05) is 51.3 Å². The largest absolute Gasteiger partial charge is 0.493 e. The molecule has 1 saturated heterocycles. The van der Waals surface area contributed by atoms with E-state index in [0.717, 1.165) is 14.5 Å². The van der Waals surface area contributed by atoms with Gasteiger partial charge in [-0.2, -0.15) is 0 Å². The number of carbonyl (C=O) groups excluding carboxylic acids is 1. The zero-order valence-corrected chi connectivity index (χ0v) is 24.7. The fraction of sp³-hybridized carbons (Fsp3) is 0.154. The number of halogens is 4. The van der Waals surface area contributed by atoms with Crippen molar-refractivity contribution in [3.63, 3.8) is 0 Å². The number of aliphatic imine (C=N–C) groups is 1. The standard InChI is InChI=1S/C26H20Br2Cl2N2O3S/c1-3-32-25(33)23(36-26(32)31-18-8-9-19(28)20(29)13-18)12-16-10-21(30)24(22(11-16)34-2)35-14-15-4-6-17(27)7-5-15/h4-13H,3,14H2,1-2H3/b23-12-,31-26?. The average molecular weight is 671 g/mol. The van der Waals surface area contributed by atoms with Gasteiger partial charge in [-0.05, 0) is 94.3 Å². The lowest BCUT2D eigenvalue weighted by molar-refractivity contribution is -0.122. The number of likely N-dealkylation sites (N-methyl/N-ethyl adjacent to an activating group) is 1.